The molecule has 0 atom stereocenters. The maximum Gasteiger partial charge on any atom is 0.167 e. The molecule has 0 fully saturated rings. The molecule has 0 aliphatic heterocycles. The monoisotopic (exact) mass is 377 g/mol. The van der Waals surface area contributed by atoms with Crippen LogP contribution in [0, 0.1) is 6.92 Å². The van der Waals surface area contributed by atoms with Crippen LogP contribution in [0.3, 0.4) is 0 Å². The molecular weight excluding hydrogens is 354 g/mol. The molecule has 3 nitrogen and oxygen atoms in total. The average Bonchev–Trinajstić information content (AvgIpc) is 2.53. The Morgan fingerprint density at radius 2 is 1.87 bits per heavy atom. The molecule has 0 aromatic heterocycles. The Morgan fingerprint density at radius 1 is 1.13 bits per heavy atom. The van der Waals surface area contributed by atoms with Gasteiger partial charge in [-0.3, -0.25) is 0 Å². The third kappa shape index (κ3) is 4.72. The number of halogens is 1. The van der Waals surface area contributed by atoms with Crippen molar-refractivity contribution < 1.29 is 9.47 Å². The zero-order valence-corrected chi connectivity index (χ0v) is 15.7. The van der Waals surface area contributed by atoms with Crippen LogP contribution in [0.1, 0.15) is 30.5 Å². The first-order chi connectivity index (χ1) is 11.0. The lowest BCUT2D eigenvalue weighted by molar-refractivity contribution is 0.279. The molecule has 2 aromatic carbocycles. The van der Waals surface area contributed by atoms with Crippen molar-refractivity contribution in [1.82, 2.24) is 5.32 Å². The van der Waals surface area contributed by atoms with Gasteiger partial charge < -0.3 is 14.8 Å². The fraction of sp³-hybridized carbons (Fsp3) is 0.368. The molecule has 0 saturated heterocycles. The van der Waals surface area contributed by atoms with E-state index in [1.807, 2.05) is 24.3 Å². The number of ether oxygens (including phenoxy) is 2. The standard InChI is InChI=1S/C19H24BrNO2/c1-13(2)21-11-16-17(20)9-10-18(22-4)19(16)23-12-15-8-6-5-7-14(15)3/h5-10,13,21H,11-12H2,1-4H3. The number of nitrogens with one attached hydrogen (secondary N) is 1. The van der Waals surface area contributed by atoms with Crippen LogP contribution >= 0.6 is 15.9 Å². The van der Waals surface area contributed by atoms with Crippen molar-refractivity contribution in [2.45, 2.75) is 40.0 Å². The van der Waals surface area contributed by atoms with E-state index in [9.17, 15) is 0 Å². The maximum absolute atomic E-state index is 6.14. The topological polar surface area (TPSA) is 30.5 Å². The van der Waals surface area contributed by atoms with Crippen LogP contribution in [0.4, 0.5) is 0 Å². The van der Waals surface area contributed by atoms with Gasteiger partial charge in [-0.05, 0) is 30.2 Å². The first-order valence-corrected chi connectivity index (χ1v) is 8.58. The van der Waals surface area contributed by atoms with Crippen LogP contribution in [-0.4, -0.2) is 13.2 Å². The van der Waals surface area contributed by atoms with Crippen molar-refractivity contribution in [3.8, 4) is 11.5 Å². The quantitative estimate of drug-likeness (QED) is 0.748. The fourth-order valence-electron chi connectivity index (χ4n) is 2.29. The van der Waals surface area contributed by atoms with Crippen LogP contribution in [0.25, 0.3) is 0 Å². The van der Waals surface area contributed by atoms with Crippen LogP contribution in [0.15, 0.2) is 40.9 Å². The minimum Gasteiger partial charge on any atom is -0.493 e. The number of methoxy groups -OCH3 is 1. The Hall–Kier alpha value is -1.52. The Kier molecular flexibility index (Phi) is 6.48. The molecule has 1 N–H and O–H groups in total. The molecular formula is C19H24BrNO2. The summed E-state index contributed by atoms with van der Waals surface area (Å²) in [6, 6.07) is 12.6. The lowest BCUT2D eigenvalue weighted by Crippen LogP contribution is -2.22. The summed E-state index contributed by atoms with van der Waals surface area (Å²) < 4.78 is 12.7. The molecule has 2 rings (SSSR count). The molecule has 0 heterocycles. The molecule has 0 saturated carbocycles. The predicted molar refractivity (Wildman–Crippen MR) is 98.2 cm³/mol. The zero-order chi connectivity index (χ0) is 16.8. The first-order valence-electron chi connectivity index (χ1n) is 7.79. The summed E-state index contributed by atoms with van der Waals surface area (Å²) in [5.74, 6) is 1.54. The third-order valence-electron chi connectivity index (χ3n) is 3.71. The van der Waals surface area contributed by atoms with Crippen molar-refractivity contribution in [3.05, 3.63) is 57.6 Å². The van der Waals surface area contributed by atoms with Gasteiger partial charge in [0.15, 0.2) is 11.5 Å². The molecule has 0 aliphatic rings. The predicted octanol–water partition coefficient (Wildman–Crippen LogP) is 4.84. The number of hydrogen-bond donors (Lipinski definition) is 1. The summed E-state index contributed by atoms with van der Waals surface area (Å²) >= 11 is 3.63. The van der Waals surface area contributed by atoms with Crippen molar-refractivity contribution in [2.24, 2.45) is 0 Å². The highest BCUT2D eigenvalue weighted by Gasteiger charge is 2.15. The smallest absolute Gasteiger partial charge is 0.167 e. The molecule has 4 heteroatoms. The third-order valence-corrected chi connectivity index (χ3v) is 4.45. The molecule has 0 spiro atoms. The van der Waals surface area contributed by atoms with Gasteiger partial charge in [-0.1, -0.05) is 54.0 Å². The normalized spacial score (nSPS) is 10.9. The molecule has 0 amide bonds. The van der Waals surface area contributed by atoms with Gasteiger partial charge in [0.1, 0.15) is 6.61 Å². The Labute approximate surface area is 147 Å². The number of hydrogen-bond acceptors (Lipinski definition) is 3. The van der Waals surface area contributed by atoms with Crippen LogP contribution in [0.2, 0.25) is 0 Å². The van der Waals surface area contributed by atoms with Crippen molar-refractivity contribution >= 4 is 15.9 Å². The molecule has 0 radical (unpaired) electrons. The zero-order valence-electron chi connectivity index (χ0n) is 14.2. The van der Waals surface area contributed by atoms with Gasteiger partial charge in [-0.15, -0.1) is 0 Å². The van der Waals surface area contributed by atoms with E-state index in [-0.39, 0.29) is 0 Å². The highest BCUT2D eigenvalue weighted by atomic mass is 79.9. The minimum atomic E-state index is 0.400. The summed E-state index contributed by atoms with van der Waals surface area (Å²) in [5.41, 5.74) is 3.48. The van der Waals surface area contributed by atoms with E-state index < -0.39 is 0 Å². The van der Waals surface area contributed by atoms with E-state index in [0.717, 1.165) is 28.1 Å². The lowest BCUT2D eigenvalue weighted by Gasteiger charge is -2.18. The number of benzene rings is 2. The highest BCUT2D eigenvalue weighted by molar-refractivity contribution is 9.10. The largest absolute Gasteiger partial charge is 0.493 e. The van der Waals surface area contributed by atoms with E-state index in [4.69, 9.17) is 9.47 Å². The molecule has 2 aromatic rings. The Morgan fingerprint density at radius 3 is 2.52 bits per heavy atom. The van der Waals surface area contributed by atoms with Gasteiger partial charge in [-0.2, -0.15) is 0 Å². The van der Waals surface area contributed by atoms with Crippen LogP contribution in [-0.2, 0) is 13.2 Å². The summed E-state index contributed by atoms with van der Waals surface area (Å²) in [6.45, 7) is 7.59. The van der Waals surface area contributed by atoms with E-state index in [1.165, 1.54) is 11.1 Å². The average molecular weight is 378 g/mol. The highest BCUT2D eigenvalue weighted by Crippen LogP contribution is 2.37. The Balaban J connectivity index is 2.27. The second-order valence-corrected chi connectivity index (χ2v) is 6.66. The maximum atomic E-state index is 6.14. The van der Waals surface area contributed by atoms with E-state index in [0.29, 0.717) is 12.6 Å². The number of aryl methyl sites for hydroxylation is 1. The van der Waals surface area contributed by atoms with E-state index in [1.54, 1.807) is 7.11 Å². The fourth-order valence-corrected chi connectivity index (χ4v) is 2.75. The lowest BCUT2D eigenvalue weighted by atomic mass is 10.1. The van der Waals surface area contributed by atoms with Crippen LogP contribution < -0.4 is 14.8 Å². The van der Waals surface area contributed by atoms with Gasteiger partial charge in [0.25, 0.3) is 0 Å². The van der Waals surface area contributed by atoms with E-state index in [2.05, 4.69) is 54.2 Å². The first kappa shape index (κ1) is 17.8. The summed E-state index contributed by atoms with van der Waals surface area (Å²) in [6.07, 6.45) is 0. The molecule has 23 heavy (non-hydrogen) atoms. The summed E-state index contributed by atoms with van der Waals surface area (Å²) in [5, 5.41) is 3.44. The van der Waals surface area contributed by atoms with Gasteiger partial charge in [0, 0.05) is 22.6 Å². The molecule has 0 bridgehead atoms. The molecule has 0 aliphatic carbocycles. The number of rotatable bonds is 7. The summed E-state index contributed by atoms with van der Waals surface area (Å²) in [4.78, 5) is 0. The van der Waals surface area contributed by atoms with Gasteiger partial charge in [-0.25, -0.2) is 0 Å². The Bertz CT molecular complexity index is 656. The van der Waals surface area contributed by atoms with Gasteiger partial charge >= 0.3 is 0 Å². The van der Waals surface area contributed by atoms with Crippen molar-refractivity contribution in [3.63, 3.8) is 0 Å². The molecule has 124 valence electrons. The molecule has 0 unspecified atom stereocenters. The van der Waals surface area contributed by atoms with E-state index >= 15 is 0 Å². The second kappa shape index (κ2) is 8.37. The minimum absolute atomic E-state index is 0.400. The van der Waals surface area contributed by atoms with Crippen molar-refractivity contribution in [1.29, 1.82) is 0 Å². The van der Waals surface area contributed by atoms with Gasteiger partial charge in [0.2, 0.25) is 0 Å². The van der Waals surface area contributed by atoms with Crippen LogP contribution in [0.5, 0.6) is 11.5 Å². The second-order valence-electron chi connectivity index (χ2n) is 5.81. The SMILES string of the molecule is COc1ccc(Br)c(CNC(C)C)c1OCc1ccccc1C. The summed E-state index contributed by atoms with van der Waals surface area (Å²) in [7, 11) is 1.67. The van der Waals surface area contributed by atoms with Crippen molar-refractivity contribution in [2.75, 3.05) is 7.11 Å². The van der Waals surface area contributed by atoms with Gasteiger partial charge in [0.05, 0.1) is 7.11 Å².